The molecule has 1 rings (SSSR count). The van der Waals surface area contributed by atoms with Crippen LogP contribution < -0.4 is 5.73 Å². The lowest BCUT2D eigenvalue weighted by molar-refractivity contribution is 0.0554. The van der Waals surface area contributed by atoms with Crippen LogP contribution in [0.25, 0.3) is 0 Å². The van der Waals surface area contributed by atoms with Gasteiger partial charge >= 0.3 is 11.9 Å². The Hall–Kier alpha value is -1.43. The van der Waals surface area contributed by atoms with Crippen LogP contribution in [0.3, 0.4) is 0 Å². The molecule has 1 heterocycles. The van der Waals surface area contributed by atoms with E-state index in [4.69, 9.17) is 10.2 Å². The summed E-state index contributed by atoms with van der Waals surface area (Å²) in [5.41, 5.74) is 5.16. The van der Waals surface area contributed by atoms with Gasteiger partial charge in [0.25, 0.3) is 0 Å². The third kappa shape index (κ3) is 1.53. The van der Waals surface area contributed by atoms with Crippen molar-refractivity contribution in [3.63, 3.8) is 0 Å². The normalized spacial score (nSPS) is 9.64. The van der Waals surface area contributed by atoms with E-state index in [9.17, 15) is 4.79 Å². The predicted octanol–water partition coefficient (Wildman–Crippen LogP) is -0.685. The quantitative estimate of drug-likeness (QED) is 0.571. The first-order valence-corrected chi connectivity index (χ1v) is 2.88. The number of methoxy groups -OCH3 is 1. The van der Waals surface area contributed by atoms with E-state index in [1.165, 1.54) is 7.11 Å². The van der Waals surface area contributed by atoms with E-state index in [0.717, 1.165) is 0 Å². The van der Waals surface area contributed by atoms with Gasteiger partial charge in [-0.3, -0.25) is 0 Å². The molecule has 0 unspecified atom stereocenters. The van der Waals surface area contributed by atoms with Gasteiger partial charge in [0.1, 0.15) is 0 Å². The number of carbonyl (C=O) groups excluding carboxylic acids is 1. The minimum atomic E-state index is -0.655. The zero-order chi connectivity index (χ0) is 8.27. The Bertz CT molecular complexity index is 257. The van der Waals surface area contributed by atoms with Crippen molar-refractivity contribution in [1.82, 2.24) is 10.2 Å². The lowest BCUT2D eigenvalue weighted by Gasteiger charge is -1.88. The second kappa shape index (κ2) is 3.11. The Labute approximate surface area is 62.3 Å². The fourth-order valence-electron chi connectivity index (χ4n) is 0.506. The monoisotopic (exact) mass is 157 g/mol. The maximum Gasteiger partial charge on any atom is 0.396 e. The predicted molar refractivity (Wildman–Crippen MR) is 33.5 cm³/mol. The topological polar surface area (TPSA) is 91.2 Å². The molecule has 0 atom stereocenters. The first kappa shape index (κ1) is 7.67. The highest BCUT2D eigenvalue weighted by Gasteiger charge is 2.13. The average molecular weight is 157 g/mol. The summed E-state index contributed by atoms with van der Waals surface area (Å²) >= 11 is 0. The maximum atomic E-state index is 10.7. The minimum Gasteiger partial charge on any atom is -0.462 e. The van der Waals surface area contributed by atoms with Crippen molar-refractivity contribution in [3.8, 4) is 0 Å². The van der Waals surface area contributed by atoms with Crippen molar-refractivity contribution in [2.24, 2.45) is 5.73 Å². The van der Waals surface area contributed by atoms with E-state index in [-0.39, 0.29) is 18.3 Å². The molecule has 0 aliphatic heterocycles. The van der Waals surface area contributed by atoms with Crippen LogP contribution in [-0.4, -0.2) is 23.3 Å². The van der Waals surface area contributed by atoms with E-state index in [1.807, 2.05) is 0 Å². The van der Waals surface area contributed by atoms with Gasteiger partial charge in [0, 0.05) is 0 Å². The summed E-state index contributed by atoms with van der Waals surface area (Å²) in [6, 6.07) is 0. The lowest BCUT2D eigenvalue weighted by Crippen LogP contribution is -2.00. The third-order valence-corrected chi connectivity index (χ3v) is 1.00. The molecule has 0 spiro atoms. The van der Waals surface area contributed by atoms with Crippen LogP contribution >= 0.6 is 0 Å². The highest BCUT2D eigenvalue weighted by atomic mass is 16.5. The number of ether oxygens (including phenoxy) is 1. The fourth-order valence-corrected chi connectivity index (χ4v) is 0.506. The maximum absolute atomic E-state index is 10.7. The number of hydrogen-bond donors (Lipinski definition) is 1. The van der Waals surface area contributed by atoms with E-state index >= 15 is 0 Å². The highest BCUT2D eigenvalue weighted by molar-refractivity contribution is 5.83. The molecule has 0 fully saturated rings. The van der Waals surface area contributed by atoms with Gasteiger partial charge in [-0.2, -0.15) is 0 Å². The molecule has 0 aliphatic carbocycles. The van der Waals surface area contributed by atoms with Crippen molar-refractivity contribution in [2.75, 3.05) is 7.11 Å². The molecular formula is C5H7N3O3. The van der Waals surface area contributed by atoms with Crippen LogP contribution in [0.15, 0.2) is 4.42 Å². The van der Waals surface area contributed by atoms with Crippen molar-refractivity contribution < 1.29 is 13.9 Å². The van der Waals surface area contributed by atoms with Crippen LogP contribution in [0.4, 0.5) is 0 Å². The number of hydrogen-bond acceptors (Lipinski definition) is 6. The number of carbonyl (C=O) groups is 1. The molecule has 60 valence electrons. The van der Waals surface area contributed by atoms with E-state index in [1.54, 1.807) is 0 Å². The largest absolute Gasteiger partial charge is 0.462 e. The van der Waals surface area contributed by atoms with Gasteiger partial charge in [-0.25, -0.2) is 4.79 Å². The summed E-state index contributed by atoms with van der Waals surface area (Å²) in [5.74, 6) is -0.615. The van der Waals surface area contributed by atoms with Crippen LogP contribution in [0.5, 0.6) is 0 Å². The molecule has 11 heavy (non-hydrogen) atoms. The number of nitrogens with two attached hydrogens (primary N) is 1. The highest BCUT2D eigenvalue weighted by Crippen LogP contribution is 1.99. The van der Waals surface area contributed by atoms with E-state index in [2.05, 4.69) is 14.9 Å². The molecule has 1 aromatic rings. The molecule has 0 amide bonds. The van der Waals surface area contributed by atoms with Gasteiger partial charge in [-0.05, 0) is 0 Å². The van der Waals surface area contributed by atoms with Gasteiger partial charge < -0.3 is 14.9 Å². The SMILES string of the molecule is COC(=O)c1nnc(CN)o1. The molecule has 0 bridgehead atoms. The second-order valence-electron chi connectivity index (χ2n) is 1.70. The zero-order valence-corrected chi connectivity index (χ0v) is 5.90. The standard InChI is InChI=1S/C5H7N3O3/c1-10-5(9)4-8-7-3(2-6)11-4/h2,6H2,1H3. The van der Waals surface area contributed by atoms with Gasteiger partial charge in [-0.15, -0.1) is 10.2 Å². The minimum absolute atomic E-state index is 0.115. The Morgan fingerprint density at radius 3 is 2.91 bits per heavy atom. The van der Waals surface area contributed by atoms with Crippen molar-refractivity contribution in [2.45, 2.75) is 6.54 Å². The molecule has 6 nitrogen and oxygen atoms in total. The van der Waals surface area contributed by atoms with Crippen LogP contribution in [-0.2, 0) is 11.3 Å². The zero-order valence-electron chi connectivity index (χ0n) is 5.90. The summed E-state index contributed by atoms with van der Waals surface area (Å²) in [6.07, 6.45) is 0. The summed E-state index contributed by atoms with van der Waals surface area (Å²) in [7, 11) is 1.23. The molecule has 6 heteroatoms. The Kier molecular flexibility index (Phi) is 2.17. The fraction of sp³-hybridized carbons (Fsp3) is 0.400. The molecule has 0 saturated carbocycles. The molecular weight excluding hydrogens is 150 g/mol. The first-order valence-electron chi connectivity index (χ1n) is 2.88. The lowest BCUT2D eigenvalue weighted by atomic mass is 10.7. The third-order valence-electron chi connectivity index (χ3n) is 1.00. The van der Waals surface area contributed by atoms with Crippen LogP contribution in [0, 0.1) is 0 Å². The summed E-state index contributed by atoms with van der Waals surface area (Å²) in [4.78, 5) is 10.7. The smallest absolute Gasteiger partial charge is 0.396 e. The van der Waals surface area contributed by atoms with Gasteiger partial charge in [0.05, 0.1) is 13.7 Å². The first-order chi connectivity index (χ1) is 5.27. The number of esters is 1. The Morgan fingerprint density at radius 2 is 2.45 bits per heavy atom. The van der Waals surface area contributed by atoms with Gasteiger partial charge in [-0.1, -0.05) is 0 Å². The summed E-state index contributed by atoms with van der Waals surface area (Å²) in [6.45, 7) is 0.115. The van der Waals surface area contributed by atoms with Gasteiger partial charge in [0.15, 0.2) is 0 Å². The number of rotatable bonds is 2. The van der Waals surface area contributed by atoms with Crippen molar-refractivity contribution in [3.05, 3.63) is 11.8 Å². The molecule has 0 aliphatic rings. The Balaban J connectivity index is 2.80. The molecule has 0 radical (unpaired) electrons. The molecule has 0 aromatic carbocycles. The summed E-state index contributed by atoms with van der Waals surface area (Å²) in [5, 5.41) is 6.85. The molecule has 1 aromatic heterocycles. The number of aromatic nitrogens is 2. The van der Waals surface area contributed by atoms with Crippen LogP contribution in [0.1, 0.15) is 16.6 Å². The molecule has 0 saturated heterocycles. The van der Waals surface area contributed by atoms with Crippen molar-refractivity contribution >= 4 is 5.97 Å². The van der Waals surface area contributed by atoms with Crippen molar-refractivity contribution in [1.29, 1.82) is 0 Å². The summed E-state index contributed by atoms with van der Waals surface area (Å²) < 4.78 is 9.08. The van der Waals surface area contributed by atoms with E-state index in [0.29, 0.717) is 0 Å². The Morgan fingerprint density at radius 1 is 1.73 bits per heavy atom. The average Bonchev–Trinajstić information content (AvgIpc) is 2.50. The van der Waals surface area contributed by atoms with Gasteiger partial charge in [0.2, 0.25) is 5.89 Å². The van der Waals surface area contributed by atoms with Crippen LogP contribution in [0.2, 0.25) is 0 Å². The second-order valence-corrected chi connectivity index (χ2v) is 1.70. The molecule has 2 N–H and O–H groups in total. The number of nitrogens with zero attached hydrogens (tertiary/aromatic N) is 2. The van der Waals surface area contributed by atoms with E-state index < -0.39 is 5.97 Å².